The maximum Gasteiger partial charge on any atom is 0.252 e. The van der Waals surface area contributed by atoms with Crippen LogP contribution in [0.25, 0.3) is 0 Å². The zero-order valence-corrected chi connectivity index (χ0v) is 12.2. The van der Waals surface area contributed by atoms with E-state index < -0.39 is 0 Å². The monoisotopic (exact) mass is 274 g/mol. The van der Waals surface area contributed by atoms with Crippen LogP contribution in [-0.2, 0) is 12.8 Å². The number of nitrogens with zero attached hydrogens (tertiary/aromatic N) is 3. The second kappa shape index (κ2) is 6.67. The molecule has 1 aliphatic rings. The van der Waals surface area contributed by atoms with Gasteiger partial charge in [-0.05, 0) is 44.1 Å². The minimum Gasteiger partial charge on any atom is -0.472 e. The number of hydrogen-bond acceptors (Lipinski definition) is 5. The van der Waals surface area contributed by atoms with Crippen molar-refractivity contribution in [3.63, 3.8) is 0 Å². The molecule has 2 rings (SSSR count). The van der Waals surface area contributed by atoms with Gasteiger partial charge < -0.3 is 10.5 Å². The van der Waals surface area contributed by atoms with Gasteiger partial charge in [-0.3, -0.25) is 0 Å². The van der Waals surface area contributed by atoms with Crippen LogP contribution in [0.5, 0.6) is 5.88 Å². The fraction of sp³-hybridized carbons (Fsp3) is 0.667. The fourth-order valence-electron chi connectivity index (χ4n) is 2.80. The highest BCUT2D eigenvalue weighted by Gasteiger charge is 2.23. The van der Waals surface area contributed by atoms with Crippen LogP contribution in [0.4, 0.5) is 0 Å². The smallest absolute Gasteiger partial charge is 0.252 e. The van der Waals surface area contributed by atoms with Crippen molar-refractivity contribution in [2.24, 2.45) is 5.73 Å². The Morgan fingerprint density at radius 2 is 2.10 bits per heavy atom. The van der Waals surface area contributed by atoms with Gasteiger partial charge in [-0.25, -0.2) is 0 Å². The number of nitrogens with two attached hydrogens (primary N) is 1. The summed E-state index contributed by atoms with van der Waals surface area (Å²) in [6, 6.07) is 2.42. The first kappa shape index (κ1) is 14.7. The third-order valence-corrected chi connectivity index (χ3v) is 3.87. The van der Waals surface area contributed by atoms with Crippen LogP contribution in [0, 0.1) is 11.3 Å². The fourth-order valence-corrected chi connectivity index (χ4v) is 2.80. The van der Waals surface area contributed by atoms with E-state index in [9.17, 15) is 5.26 Å². The molecule has 2 N–H and O–H groups in total. The highest BCUT2D eigenvalue weighted by molar-refractivity contribution is 5.46. The molecule has 0 bridgehead atoms. The van der Waals surface area contributed by atoms with E-state index >= 15 is 0 Å². The average molecular weight is 274 g/mol. The minimum absolute atomic E-state index is 0.0531. The molecule has 1 aromatic rings. The van der Waals surface area contributed by atoms with Crippen molar-refractivity contribution in [1.82, 2.24) is 10.2 Å². The molecular formula is C15H22N4O. The number of aromatic nitrogens is 2. The first-order chi connectivity index (χ1) is 9.69. The van der Waals surface area contributed by atoms with E-state index in [4.69, 9.17) is 10.5 Å². The predicted molar refractivity (Wildman–Crippen MR) is 76.4 cm³/mol. The molecule has 1 aliphatic carbocycles. The molecule has 1 aromatic heterocycles. The normalized spacial score (nSPS) is 22.3. The Kier molecular flexibility index (Phi) is 4.91. The standard InChI is InChI=1S/C15H22N4O/c1-3-12-13(9-16)15(19-18-14(12)4-2)20-11-7-5-6-10(17)8-11/h10-11H,3-8,17H2,1-2H3. The summed E-state index contributed by atoms with van der Waals surface area (Å²) in [5.74, 6) is 0.376. The molecule has 1 saturated carbocycles. The highest BCUT2D eigenvalue weighted by atomic mass is 16.5. The van der Waals surface area contributed by atoms with Gasteiger partial charge >= 0.3 is 0 Å². The van der Waals surface area contributed by atoms with E-state index in [0.29, 0.717) is 11.4 Å². The number of ether oxygens (including phenoxy) is 1. The maximum atomic E-state index is 9.41. The van der Waals surface area contributed by atoms with Gasteiger partial charge in [0.2, 0.25) is 0 Å². The van der Waals surface area contributed by atoms with Crippen molar-refractivity contribution >= 4 is 0 Å². The first-order valence-corrected chi connectivity index (χ1v) is 7.40. The quantitative estimate of drug-likeness (QED) is 0.909. The van der Waals surface area contributed by atoms with Crippen molar-refractivity contribution < 1.29 is 4.74 Å². The summed E-state index contributed by atoms with van der Waals surface area (Å²) in [7, 11) is 0. The molecule has 108 valence electrons. The summed E-state index contributed by atoms with van der Waals surface area (Å²) in [4.78, 5) is 0. The molecule has 0 spiro atoms. The summed E-state index contributed by atoms with van der Waals surface area (Å²) < 4.78 is 5.91. The van der Waals surface area contributed by atoms with E-state index in [1.807, 2.05) is 13.8 Å². The number of rotatable bonds is 4. The van der Waals surface area contributed by atoms with E-state index in [-0.39, 0.29) is 12.1 Å². The van der Waals surface area contributed by atoms with Crippen molar-refractivity contribution in [3.05, 3.63) is 16.8 Å². The Bertz CT molecular complexity index is 509. The number of aryl methyl sites for hydroxylation is 1. The van der Waals surface area contributed by atoms with E-state index in [0.717, 1.165) is 49.8 Å². The maximum absolute atomic E-state index is 9.41. The van der Waals surface area contributed by atoms with Gasteiger partial charge in [0.1, 0.15) is 17.7 Å². The van der Waals surface area contributed by atoms with Crippen LogP contribution in [0.1, 0.15) is 56.4 Å². The lowest BCUT2D eigenvalue weighted by atomic mass is 9.93. The summed E-state index contributed by atoms with van der Waals surface area (Å²) in [6.45, 7) is 4.04. The largest absolute Gasteiger partial charge is 0.472 e. The predicted octanol–water partition coefficient (Wildman–Crippen LogP) is 2.12. The molecule has 2 unspecified atom stereocenters. The van der Waals surface area contributed by atoms with Crippen molar-refractivity contribution in [1.29, 1.82) is 5.26 Å². The minimum atomic E-state index is 0.0531. The van der Waals surface area contributed by atoms with Crippen LogP contribution >= 0.6 is 0 Å². The van der Waals surface area contributed by atoms with Gasteiger partial charge in [-0.15, -0.1) is 5.10 Å². The third kappa shape index (κ3) is 3.07. The zero-order valence-electron chi connectivity index (χ0n) is 12.2. The molecule has 5 nitrogen and oxygen atoms in total. The summed E-state index contributed by atoms with van der Waals surface area (Å²) in [6.07, 6.45) is 5.50. The Hall–Kier alpha value is -1.67. The molecule has 0 saturated heterocycles. The molecule has 0 aromatic carbocycles. The lowest BCUT2D eigenvalue weighted by Gasteiger charge is -2.27. The molecule has 1 fully saturated rings. The molecule has 1 heterocycles. The Balaban J connectivity index is 2.25. The summed E-state index contributed by atoms with van der Waals surface area (Å²) in [5.41, 5.74) is 8.35. The first-order valence-electron chi connectivity index (χ1n) is 7.40. The zero-order chi connectivity index (χ0) is 14.5. The molecule has 0 radical (unpaired) electrons. The third-order valence-electron chi connectivity index (χ3n) is 3.87. The van der Waals surface area contributed by atoms with E-state index in [1.165, 1.54) is 0 Å². The van der Waals surface area contributed by atoms with Gasteiger partial charge in [0, 0.05) is 6.04 Å². The summed E-state index contributed by atoms with van der Waals surface area (Å²) in [5, 5.41) is 17.7. The van der Waals surface area contributed by atoms with Crippen molar-refractivity contribution in [2.45, 2.75) is 64.5 Å². The lowest BCUT2D eigenvalue weighted by molar-refractivity contribution is 0.136. The summed E-state index contributed by atoms with van der Waals surface area (Å²) >= 11 is 0. The van der Waals surface area contributed by atoms with Crippen molar-refractivity contribution in [3.8, 4) is 11.9 Å². The SMILES string of the molecule is CCc1nnc(OC2CCCC(N)C2)c(C#N)c1CC. The molecule has 2 atom stereocenters. The molecule has 0 amide bonds. The highest BCUT2D eigenvalue weighted by Crippen LogP contribution is 2.26. The van der Waals surface area contributed by atoms with Gasteiger partial charge in [-0.1, -0.05) is 13.8 Å². The van der Waals surface area contributed by atoms with Crippen LogP contribution in [0.15, 0.2) is 0 Å². The van der Waals surface area contributed by atoms with Crippen LogP contribution < -0.4 is 10.5 Å². The van der Waals surface area contributed by atoms with Crippen LogP contribution in [-0.4, -0.2) is 22.3 Å². The molecule has 5 heteroatoms. The molecular weight excluding hydrogens is 252 g/mol. The van der Waals surface area contributed by atoms with Gasteiger partial charge in [-0.2, -0.15) is 10.4 Å². The van der Waals surface area contributed by atoms with Gasteiger partial charge in [0.25, 0.3) is 5.88 Å². The molecule has 20 heavy (non-hydrogen) atoms. The van der Waals surface area contributed by atoms with Gasteiger partial charge in [0.05, 0.1) is 5.69 Å². The van der Waals surface area contributed by atoms with Crippen LogP contribution in [0.2, 0.25) is 0 Å². The second-order valence-electron chi connectivity index (χ2n) is 5.29. The van der Waals surface area contributed by atoms with Crippen LogP contribution in [0.3, 0.4) is 0 Å². The van der Waals surface area contributed by atoms with E-state index in [2.05, 4.69) is 16.3 Å². The Morgan fingerprint density at radius 3 is 2.70 bits per heavy atom. The lowest BCUT2D eigenvalue weighted by Crippen LogP contribution is -2.34. The number of nitriles is 1. The van der Waals surface area contributed by atoms with Gasteiger partial charge in [0.15, 0.2) is 0 Å². The van der Waals surface area contributed by atoms with E-state index in [1.54, 1.807) is 0 Å². The topological polar surface area (TPSA) is 84.8 Å². The molecule has 0 aliphatic heterocycles. The Morgan fingerprint density at radius 1 is 1.30 bits per heavy atom. The Labute approximate surface area is 120 Å². The average Bonchev–Trinajstić information content (AvgIpc) is 2.46. The second-order valence-corrected chi connectivity index (χ2v) is 5.29. The number of hydrogen-bond donors (Lipinski definition) is 1. The van der Waals surface area contributed by atoms with Crippen molar-refractivity contribution in [2.75, 3.05) is 0 Å².